The fraction of sp³-hybridized carbons (Fsp3) is 0.323. The third kappa shape index (κ3) is 7.85. The van der Waals surface area contributed by atoms with Gasteiger partial charge in [0, 0.05) is 49.6 Å². The lowest BCUT2D eigenvalue weighted by Crippen LogP contribution is -2.27. The van der Waals surface area contributed by atoms with Gasteiger partial charge in [0.1, 0.15) is 11.6 Å². The van der Waals surface area contributed by atoms with Gasteiger partial charge in [-0.1, -0.05) is 6.07 Å². The molecule has 2 amide bonds. The molecule has 0 aliphatic carbocycles. The Balaban J connectivity index is 1.62. The number of alkyl halides is 3. The van der Waals surface area contributed by atoms with Gasteiger partial charge >= 0.3 is 6.18 Å². The van der Waals surface area contributed by atoms with Gasteiger partial charge in [-0.2, -0.15) is 13.2 Å². The van der Waals surface area contributed by atoms with Gasteiger partial charge in [-0.3, -0.25) is 19.5 Å². The first-order valence-electron chi connectivity index (χ1n) is 14.0. The van der Waals surface area contributed by atoms with E-state index in [2.05, 4.69) is 25.8 Å². The second-order valence-electron chi connectivity index (χ2n) is 10.5. The molecule has 44 heavy (non-hydrogen) atoms. The Labute approximate surface area is 254 Å². The third-order valence-electron chi connectivity index (χ3n) is 7.20. The topological polar surface area (TPSA) is 125 Å². The van der Waals surface area contributed by atoms with Crippen LogP contribution in [0.4, 0.5) is 30.4 Å². The molecule has 1 aliphatic rings. The summed E-state index contributed by atoms with van der Waals surface area (Å²) in [5.74, 6) is 6.12. The molecule has 0 spiro atoms. The summed E-state index contributed by atoms with van der Waals surface area (Å²) in [6, 6.07) is 10.2. The van der Waals surface area contributed by atoms with E-state index in [1.54, 1.807) is 49.8 Å². The molecule has 5 N–H and O–H groups in total. The minimum absolute atomic E-state index is 0.0687. The number of ether oxygens (including phenoxy) is 1. The first kappa shape index (κ1) is 32.3. The molecular weight excluding hydrogens is 575 g/mol. The van der Waals surface area contributed by atoms with Crippen LogP contribution in [0, 0.1) is 6.92 Å². The van der Waals surface area contributed by atoms with Gasteiger partial charge in [0.05, 0.1) is 29.7 Å². The smallest absolute Gasteiger partial charge is 0.416 e. The summed E-state index contributed by atoms with van der Waals surface area (Å²) in [5, 5.41) is 9.62. The number of nitrogens with two attached hydrogens (primary N) is 1. The van der Waals surface area contributed by atoms with E-state index in [0.717, 1.165) is 43.6 Å². The van der Waals surface area contributed by atoms with Crippen LogP contribution < -0.4 is 31.5 Å². The minimum atomic E-state index is -4.61. The molecule has 0 bridgehead atoms. The molecule has 0 saturated carbocycles. The predicted molar refractivity (Wildman–Crippen MR) is 164 cm³/mol. The Morgan fingerprint density at radius 3 is 2.39 bits per heavy atom. The molecule has 234 valence electrons. The van der Waals surface area contributed by atoms with Gasteiger partial charge in [-0.15, -0.1) is 0 Å². The number of amides is 2. The maximum Gasteiger partial charge on any atom is 0.416 e. The third-order valence-corrected chi connectivity index (χ3v) is 7.20. The fourth-order valence-corrected chi connectivity index (χ4v) is 5.01. The fourth-order valence-electron chi connectivity index (χ4n) is 5.01. The van der Waals surface area contributed by atoms with Crippen LogP contribution in [-0.4, -0.2) is 48.9 Å². The SMILES string of the molecule is CN/C(=C\N(N)c1cc(C(=O)Nc2cc(C(F)(F)F)cc(CN3CCCC3)c2OC)ccc1C)c1ccc(NC(C)=O)nc1. The van der Waals surface area contributed by atoms with Crippen LogP contribution in [0.3, 0.4) is 0 Å². The van der Waals surface area contributed by atoms with Crippen molar-refractivity contribution in [3.63, 3.8) is 0 Å². The van der Waals surface area contributed by atoms with Crippen LogP contribution in [0.2, 0.25) is 0 Å². The lowest BCUT2D eigenvalue weighted by Gasteiger charge is -2.22. The number of carbonyl (C=O) groups is 2. The molecule has 1 fully saturated rings. The Bertz CT molecular complexity index is 1540. The highest BCUT2D eigenvalue weighted by Crippen LogP contribution is 2.39. The van der Waals surface area contributed by atoms with E-state index in [1.165, 1.54) is 19.0 Å². The standard InChI is InChI=1S/C31H36F3N7O3/c1-19-7-8-21(14-27(19)41(35)18-26(36-3)22-9-10-28(37-16-22)38-20(2)42)30(43)39-25-15-24(31(32,33)34)13-23(29(25)44-4)17-40-11-5-6-12-40/h7-10,13-16,18,36H,5-6,11-12,17,35H2,1-4H3,(H,39,43)(H,37,38,42)/b26-18-. The highest BCUT2D eigenvalue weighted by molar-refractivity contribution is 6.06. The molecule has 13 heteroatoms. The van der Waals surface area contributed by atoms with Crippen molar-refractivity contribution in [3.8, 4) is 5.75 Å². The number of hydrogen-bond acceptors (Lipinski definition) is 8. The van der Waals surface area contributed by atoms with E-state index in [-0.39, 0.29) is 29.5 Å². The minimum Gasteiger partial charge on any atom is -0.494 e. The maximum absolute atomic E-state index is 13.9. The van der Waals surface area contributed by atoms with Gasteiger partial charge in [-0.25, -0.2) is 10.8 Å². The molecule has 1 saturated heterocycles. The molecule has 0 unspecified atom stereocenters. The highest BCUT2D eigenvalue weighted by Gasteiger charge is 2.33. The van der Waals surface area contributed by atoms with Crippen LogP contribution in [0.25, 0.3) is 5.70 Å². The number of nitrogens with zero attached hydrogens (tertiary/aromatic N) is 3. The number of carbonyl (C=O) groups excluding carboxylic acids is 2. The first-order chi connectivity index (χ1) is 20.9. The maximum atomic E-state index is 13.9. The number of anilines is 3. The molecular formula is C31H36F3N7O3. The molecule has 10 nitrogen and oxygen atoms in total. The summed E-state index contributed by atoms with van der Waals surface area (Å²) in [5.41, 5.74) is 2.11. The number of halogens is 3. The van der Waals surface area contributed by atoms with Crippen molar-refractivity contribution in [2.45, 2.75) is 39.4 Å². The number of aromatic nitrogens is 1. The summed E-state index contributed by atoms with van der Waals surface area (Å²) >= 11 is 0. The number of hydrazine groups is 1. The lowest BCUT2D eigenvalue weighted by atomic mass is 10.1. The van der Waals surface area contributed by atoms with Crippen molar-refractivity contribution in [1.29, 1.82) is 0 Å². The number of hydrogen-bond donors (Lipinski definition) is 4. The normalized spacial score (nSPS) is 13.9. The van der Waals surface area contributed by atoms with Gasteiger partial charge in [0.25, 0.3) is 5.91 Å². The predicted octanol–water partition coefficient (Wildman–Crippen LogP) is 5.12. The monoisotopic (exact) mass is 611 g/mol. The highest BCUT2D eigenvalue weighted by atomic mass is 19.4. The van der Waals surface area contributed by atoms with Gasteiger partial charge in [0.15, 0.2) is 0 Å². The van der Waals surface area contributed by atoms with Crippen molar-refractivity contribution in [3.05, 3.63) is 82.7 Å². The number of aryl methyl sites for hydroxylation is 1. The molecule has 3 aromatic rings. The zero-order valence-corrected chi connectivity index (χ0v) is 25.0. The number of benzene rings is 2. The largest absolute Gasteiger partial charge is 0.494 e. The molecule has 2 heterocycles. The molecule has 0 radical (unpaired) electrons. The van der Waals surface area contributed by atoms with Crippen LogP contribution in [0.5, 0.6) is 5.75 Å². The quantitative estimate of drug-likeness (QED) is 0.184. The summed E-state index contributed by atoms with van der Waals surface area (Å²) < 4.78 is 47.1. The molecule has 1 aliphatic heterocycles. The summed E-state index contributed by atoms with van der Waals surface area (Å²) in [4.78, 5) is 31.0. The Kier molecular flexibility index (Phi) is 10.1. The number of methoxy groups -OCH3 is 1. The van der Waals surface area contributed by atoms with E-state index in [4.69, 9.17) is 10.6 Å². The van der Waals surface area contributed by atoms with Crippen LogP contribution in [0.1, 0.15) is 52.4 Å². The van der Waals surface area contributed by atoms with Crippen LogP contribution in [0.15, 0.2) is 54.9 Å². The zero-order chi connectivity index (χ0) is 32.0. The van der Waals surface area contributed by atoms with Crippen LogP contribution >= 0.6 is 0 Å². The van der Waals surface area contributed by atoms with Crippen molar-refractivity contribution in [1.82, 2.24) is 15.2 Å². The van der Waals surface area contributed by atoms with E-state index < -0.39 is 17.6 Å². The summed E-state index contributed by atoms with van der Waals surface area (Å²) in [7, 11) is 3.08. The average molecular weight is 612 g/mol. The van der Waals surface area contributed by atoms with E-state index >= 15 is 0 Å². The number of likely N-dealkylation sites (tertiary alicyclic amines) is 1. The van der Waals surface area contributed by atoms with Crippen molar-refractivity contribution >= 4 is 34.7 Å². The second kappa shape index (κ2) is 13.8. The van der Waals surface area contributed by atoms with Crippen molar-refractivity contribution in [2.24, 2.45) is 5.84 Å². The average Bonchev–Trinajstić information content (AvgIpc) is 3.48. The zero-order valence-electron chi connectivity index (χ0n) is 25.0. The molecule has 0 atom stereocenters. The molecule has 1 aromatic heterocycles. The molecule has 2 aromatic carbocycles. The first-order valence-corrected chi connectivity index (χ1v) is 14.0. The van der Waals surface area contributed by atoms with Gasteiger partial charge in [-0.05, 0) is 74.8 Å². The molecule has 4 rings (SSSR count). The lowest BCUT2D eigenvalue weighted by molar-refractivity contribution is -0.137. The van der Waals surface area contributed by atoms with Crippen molar-refractivity contribution in [2.75, 3.05) is 42.9 Å². The Morgan fingerprint density at radius 1 is 1.09 bits per heavy atom. The summed E-state index contributed by atoms with van der Waals surface area (Å²) in [6.45, 7) is 5.05. The summed E-state index contributed by atoms with van der Waals surface area (Å²) in [6.07, 6.45) is 0.523. The van der Waals surface area contributed by atoms with Gasteiger partial charge in [0.2, 0.25) is 5.91 Å². The number of rotatable bonds is 10. The van der Waals surface area contributed by atoms with E-state index in [1.807, 2.05) is 6.92 Å². The number of nitrogens with one attached hydrogen (secondary N) is 3. The Morgan fingerprint density at radius 2 is 1.80 bits per heavy atom. The van der Waals surface area contributed by atoms with E-state index in [9.17, 15) is 22.8 Å². The van der Waals surface area contributed by atoms with Gasteiger partial charge < -0.3 is 20.7 Å². The Hall–Kier alpha value is -4.62. The van der Waals surface area contributed by atoms with Crippen LogP contribution in [-0.2, 0) is 17.5 Å². The van der Waals surface area contributed by atoms with E-state index in [0.29, 0.717) is 28.3 Å². The number of pyridine rings is 1. The van der Waals surface area contributed by atoms with Crippen molar-refractivity contribution < 1.29 is 27.5 Å². The second-order valence-corrected chi connectivity index (χ2v) is 10.5.